The molecule has 0 aliphatic heterocycles. The van der Waals surface area contributed by atoms with E-state index in [-0.39, 0.29) is 25.7 Å². The van der Waals surface area contributed by atoms with Crippen LogP contribution in [-0.2, 0) is 33.8 Å². The van der Waals surface area contributed by atoms with Crippen LogP contribution >= 0.6 is 0 Å². The van der Waals surface area contributed by atoms with Crippen molar-refractivity contribution in [3.63, 3.8) is 0 Å². The predicted molar refractivity (Wildman–Crippen MR) is 108 cm³/mol. The minimum atomic E-state index is -1.02. The van der Waals surface area contributed by atoms with Gasteiger partial charge in [-0.3, -0.25) is 0 Å². The Hall–Kier alpha value is -3.06. The lowest BCUT2D eigenvalue weighted by atomic mass is 10.0. The van der Waals surface area contributed by atoms with Gasteiger partial charge in [0.25, 0.3) is 0 Å². The number of amides is 1. The molecule has 1 atom stereocenters. The lowest BCUT2D eigenvalue weighted by molar-refractivity contribution is -0.153. The zero-order valence-electron chi connectivity index (χ0n) is 16.9. The quantitative estimate of drug-likeness (QED) is 0.632. The number of benzene rings is 2. The monoisotopic (exact) mass is 401 g/mol. The summed E-state index contributed by atoms with van der Waals surface area (Å²) in [6, 6.07) is 14.7. The molecule has 0 saturated heterocycles. The maximum Gasteiger partial charge on any atom is 0.407 e. The normalized spacial score (nSPS) is 11.7. The van der Waals surface area contributed by atoms with Crippen LogP contribution in [0, 0.1) is 0 Å². The molecule has 0 saturated carbocycles. The number of carbonyl (C=O) groups excluding carboxylic acids is 1. The first kappa shape index (κ1) is 22.2. The van der Waals surface area contributed by atoms with Crippen molar-refractivity contribution in [1.29, 1.82) is 0 Å². The number of alkyl carbamates (subject to hydrolysis) is 1. The van der Waals surface area contributed by atoms with Crippen LogP contribution in [0.4, 0.5) is 4.79 Å². The predicted octanol–water partition coefficient (Wildman–Crippen LogP) is 3.54. The zero-order valence-corrected chi connectivity index (χ0v) is 16.9. The van der Waals surface area contributed by atoms with Crippen molar-refractivity contribution in [2.45, 2.75) is 45.6 Å². The lowest BCUT2D eigenvalue weighted by Gasteiger charge is -2.18. The number of nitrogens with one attached hydrogen (secondary N) is 1. The summed E-state index contributed by atoms with van der Waals surface area (Å²) in [5, 5.41) is 12.1. The van der Waals surface area contributed by atoms with Gasteiger partial charge in [-0.25, -0.2) is 9.59 Å². The minimum Gasteiger partial charge on any atom is -0.496 e. The van der Waals surface area contributed by atoms with E-state index in [0.29, 0.717) is 5.75 Å². The summed E-state index contributed by atoms with van der Waals surface area (Å²) >= 11 is 0. The van der Waals surface area contributed by atoms with Gasteiger partial charge in [-0.05, 0) is 31.0 Å². The molecule has 0 bridgehead atoms. The fourth-order valence-corrected chi connectivity index (χ4v) is 2.77. The third kappa shape index (κ3) is 7.46. The summed E-state index contributed by atoms with van der Waals surface area (Å²) < 4.78 is 16.0. The fraction of sp³-hybridized carbons (Fsp3) is 0.364. The van der Waals surface area contributed by atoms with Gasteiger partial charge in [-0.2, -0.15) is 0 Å². The highest BCUT2D eigenvalue weighted by molar-refractivity contribution is 5.72. The standard InChI is InChI=1S/C22H27NO6/c1-15(2)29-20(21(24)25)12-17-9-10-19(27-3)18(11-17)13-23-22(26)28-14-16-7-5-4-6-8-16/h4-11,15,20H,12-14H2,1-3H3,(H,23,26)(H,24,25). The molecule has 0 aliphatic rings. The first-order valence-electron chi connectivity index (χ1n) is 9.37. The number of carbonyl (C=O) groups is 2. The summed E-state index contributed by atoms with van der Waals surface area (Å²) in [7, 11) is 1.54. The molecule has 0 spiro atoms. The second-order valence-corrected chi connectivity index (χ2v) is 6.78. The van der Waals surface area contributed by atoms with Crippen LogP contribution in [0.25, 0.3) is 0 Å². The molecule has 2 aromatic carbocycles. The number of carboxylic acid groups (broad SMARTS) is 1. The van der Waals surface area contributed by atoms with Gasteiger partial charge >= 0.3 is 12.1 Å². The van der Waals surface area contributed by atoms with Gasteiger partial charge in [0, 0.05) is 18.5 Å². The molecule has 29 heavy (non-hydrogen) atoms. The van der Waals surface area contributed by atoms with E-state index in [1.165, 1.54) is 7.11 Å². The first-order chi connectivity index (χ1) is 13.9. The molecule has 2 N–H and O–H groups in total. The molecule has 2 rings (SSSR count). The van der Waals surface area contributed by atoms with Crippen LogP contribution in [0.15, 0.2) is 48.5 Å². The molecule has 1 amide bonds. The summed E-state index contributed by atoms with van der Waals surface area (Å²) in [4.78, 5) is 23.4. The van der Waals surface area contributed by atoms with Crippen molar-refractivity contribution in [2.24, 2.45) is 0 Å². The molecular weight excluding hydrogens is 374 g/mol. The third-order valence-electron chi connectivity index (χ3n) is 4.11. The van der Waals surface area contributed by atoms with Crippen LogP contribution in [-0.4, -0.2) is 36.5 Å². The minimum absolute atomic E-state index is 0.177. The number of rotatable bonds is 10. The Morgan fingerprint density at radius 2 is 1.79 bits per heavy atom. The molecular formula is C22H27NO6. The van der Waals surface area contributed by atoms with Crippen LogP contribution in [0.5, 0.6) is 5.75 Å². The van der Waals surface area contributed by atoms with E-state index in [4.69, 9.17) is 14.2 Å². The van der Waals surface area contributed by atoms with Crippen molar-refractivity contribution in [3.8, 4) is 5.75 Å². The number of hydrogen-bond donors (Lipinski definition) is 2. The topological polar surface area (TPSA) is 94.1 Å². The van der Waals surface area contributed by atoms with Gasteiger partial charge in [0.05, 0.1) is 13.2 Å². The molecule has 0 heterocycles. The summed E-state index contributed by atoms with van der Waals surface area (Å²) in [6.45, 7) is 3.95. The summed E-state index contributed by atoms with van der Waals surface area (Å²) in [6.07, 6.45) is -1.48. The number of ether oxygens (including phenoxy) is 3. The third-order valence-corrected chi connectivity index (χ3v) is 4.11. The van der Waals surface area contributed by atoms with Crippen molar-refractivity contribution in [2.75, 3.05) is 7.11 Å². The summed E-state index contributed by atoms with van der Waals surface area (Å²) in [5.74, 6) is -0.424. The van der Waals surface area contributed by atoms with Gasteiger partial charge in [0.2, 0.25) is 0 Å². The fourth-order valence-electron chi connectivity index (χ4n) is 2.77. The zero-order chi connectivity index (χ0) is 21.2. The average molecular weight is 401 g/mol. The highest BCUT2D eigenvalue weighted by Crippen LogP contribution is 2.21. The van der Waals surface area contributed by atoms with E-state index in [1.54, 1.807) is 32.0 Å². The number of carboxylic acids is 1. The largest absolute Gasteiger partial charge is 0.496 e. The van der Waals surface area contributed by atoms with E-state index < -0.39 is 18.2 Å². The molecule has 7 nitrogen and oxygen atoms in total. The van der Waals surface area contributed by atoms with Gasteiger partial charge in [0.1, 0.15) is 12.4 Å². The molecule has 0 radical (unpaired) electrons. The smallest absolute Gasteiger partial charge is 0.407 e. The first-order valence-corrected chi connectivity index (χ1v) is 9.37. The molecule has 2 aromatic rings. The Balaban J connectivity index is 1.98. The van der Waals surface area contributed by atoms with Gasteiger partial charge in [0.15, 0.2) is 6.10 Å². The second kappa shape index (κ2) is 11.1. The Bertz CT molecular complexity index is 806. The van der Waals surface area contributed by atoms with Crippen LogP contribution in [0.2, 0.25) is 0 Å². The van der Waals surface area contributed by atoms with E-state index in [1.807, 2.05) is 30.3 Å². The maximum absolute atomic E-state index is 12.0. The average Bonchev–Trinajstić information content (AvgIpc) is 2.70. The van der Waals surface area contributed by atoms with Crippen LogP contribution in [0.3, 0.4) is 0 Å². The second-order valence-electron chi connectivity index (χ2n) is 6.78. The van der Waals surface area contributed by atoms with Crippen LogP contribution in [0.1, 0.15) is 30.5 Å². The SMILES string of the molecule is COc1ccc(CC(OC(C)C)C(=O)O)cc1CNC(=O)OCc1ccccc1. The van der Waals surface area contributed by atoms with Crippen molar-refractivity contribution < 1.29 is 28.9 Å². The Morgan fingerprint density at radius 3 is 2.41 bits per heavy atom. The van der Waals surface area contributed by atoms with Crippen LogP contribution < -0.4 is 10.1 Å². The number of hydrogen-bond acceptors (Lipinski definition) is 5. The highest BCUT2D eigenvalue weighted by Gasteiger charge is 2.20. The number of methoxy groups -OCH3 is 1. The van der Waals surface area contributed by atoms with Crippen molar-refractivity contribution in [1.82, 2.24) is 5.32 Å². The van der Waals surface area contributed by atoms with Crippen molar-refractivity contribution >= 4 is 12.1 Å². The van der Waals surface area contributed by atoms with Gasteiger partial charge < -0.3 is 24.6 Å². The van der Waals surface area contributed by atoms with Gasteiger partial charge in [-0.1, -0.05) is 42.5 Å². The summed E-state index contributed by atoms with van der Waals surface area (Å²) in [5.41, 5.74) is 2.38. The van der Waals surface area contributed by atoms with E-state index in [9.17, 15) is 14.7 Å². The Morgan fingerprint density at radius 1 is 1.07 bits per heavy atom. The maximum atomic E-state index is 12.0. The molecule has 0 aliphatic carbocycles. The molecule has 7 heteroatoms. The van der Waals surface area contributed by atoms with E-state index in [2.05, 4.69) is 5.32 Å². The van der Waals surface area contributed by atoms with E-state index in [0.717, 1.165) is 16.7 Å². The molecule has 0 fully saturated rings. The molecule has 156 valence electrons. The van der Waals surface area contributed by atoms with Gasteiger partial charge in [-0.15, -0.1) is 0 Å². The molecule has 0 aromatic heterocycles. The number of aliphatic carboxylic acids is 1. The Labute approximate surface area is 170 Å². The Kier molecular flexibility index (Phi) is 8.48. The molecule has 1 unspecified atom stereocenters. The van der Waals surface area contributed by atoms with Crippen molar-refractivity contribution in [3.05, 3.63) is 65.2 Å². The lowest BCUT2D eigenvalue weighted by Crippen LogP contribution is -2.29. The van der Waals surface area contributed by atoms with E-state index >= 15 is 0 Å². The highest BCUT2D eigenvalue weighted by atomic mass is 16.5.